The minimum atomic E-state index is -0.662. The number of carbonyl (C=O) groups is 1. The Balaban J connectivity index is 2.42. The van der Waals surface area contributed by atoms with Crippen molar-refractivity contribution in [3.8, 4) is 5.75 Å². The molecule has 0 aliphatic rings. The zero-order chi connectivity index (χ0) is 14.3. The number of alkyl halides is 1. The van der Waals surface area contributed by atoms with Crippen molar-refractivity contribution in [1.29, 1.82) is 0 Å². The van der Waals surface area contributed by atoms with E-state index in [-0.39, 0.29) is 5.91 Å². The zero-order valence-corrected chi connectivity index (χ0v) is 12.4. The Hall–Kier alpha value is -1.26. The van der Waals surface area contributed by atoms with E-state index in [0.717, 1.165) is 24.3 Å². The molecule has 0 saturated heterocycles. The van der Waals surface area contributed by atoms with Crippen LogP contribution in [0.2, 0.25) is 0 Å². The van der Waals surface area contributed by atoms with Gasteiger partial charge in [-0.15, -0.1) is 11.6 Å². The summed E-state index contributed by atoms with van der Waals surface area (Å²) in [6.45, 7) is 1.58. The molecule has 0 aromatic heterocycles. The number of hydrogen-bond donors (Lipinski definition) is 1. The second kappa shape index (κ2) is 8.02. The quantitative estimate of drug-likeness (QED) is 0.615. The fraction of sp³-hybridized carbons (Fsp3) is 0.500. The average Bonchev–Trinajstić information content (AvgIpc) is 2.42. The monoisotopic (exact) mass is 284 g/mol. The lowest BCUT2D eigenvalue weighted by atomic mass is 10.1. The van der Waals surface area contributed by atoms with Crippen LogP contribution in [-0.2, 0) is 4.79 Å². The molecule has 1 atom stereocenters. The molecule has 19 heavy (non-hydrogen) atoms. The standard InChI is InChI=1S/C14H21ClN2O2/c1-17(2)10-4-9-16-14(18)13(15)11-5-7-12(19-3)8-6-11/h5-8,13H,4,9-10H2,1-3H3,(H,16,18). The van der Waals surface area contributed by atoms with E-state index in [1.165, 1.54) is 0 Å². The van der Waals surface area contributed by atoms with Crippen molar-refractivity contribution in [1.82, 2.24) is 10.2 Å². The van der Waals surface area contributed by atoms with Gasteiger partial charge >= 0.3 is 0 Å². The lowest BCUT2D eigenvalue weighted by Gasteiger charge is -2.13. The Morgan fingerprint density at radius 1 is 1.37 bits per heavy atom. The molecule has 4 nitrogen and oxygen atoms in total. The van der Waals surface area contributed by atoms with Crippen LogP contribution in [-0.4, -0.2) is 45.1 Å². The molecule has 0 spiro atoms. The molecule has 1 aromatic rings. The Labute approximate surface area is 119 Å². The van der Waals surface area contributed by atoms with Gasteiger partial charge in [0.25, 0.3) is 0 Å². The summed E-state index contributed by atoms with van der Waals surface area (Å²) in [7, 11) is 5.61. The first-order valence-corrected chi connectivity index (χ1v) is 6.68. The number of ether oxygens (including phenoxy) is 1. The van der Waals surface area contributed by atoms with Crippen LogP contribution in [0.1, 0.15) is 17.4 Å². The maximum atomic E-state index is 11.9. The summed E-state index contributed by atoms with van der Waals surface area (Å²) in [6, 6.07) is 7.19. The van der Waals surface area contributed by atoms with Crippen molar-refractivity contribution in [2.45, 2.75) is 11.8 Å². The molecular formula is C14H21ClN2O2. The topological polar surface area (TPSA) is 41.6 Å². The smallest absolute Gasteiger partial charge is 0.242 e. The minimum absolute atomic E-state index is 0.161. The van der Waals surface area contributed by atoms with Gasteiger partial charge in [-0.05, 0) is 44.8 Å². The van der Waals surface area contributed by atoms with Crippen molar-refractivity contribution >= 4 is 17.5 Å². The van der Waals surface area contributed by atoms with E-state index in [0.29, 0.717) is 6.54 Å². The second-order valence-corrected chi connectivity index (χ2v) is 5.02. The fourth-order valence-corrected chi connectivity index (χ4v) is 1.84. The van der Waals surface area contributed by atoms with Crippen LogP contribution in [0.25, 0.3) is 0 Å². The van der Waals surface area contributed by atoms with E-state index in [2.05, 4.69) is 10.2 Å². The highest BCUT2D eigenvalue weighted by atomic mass is 35.5. The predicted molar refractivity (Wildman–Crippen MR) is 77.8 cm³/mol. The number of amides is 1. The Morgan fingerprint density at radius 3 is 2.53 bits per heavy atom. The summed E-state index contributed by atoms with van der Waals surface area (Å²) in [5.41, 5.74) is 0.771. The summed E-state index contributed by atoms with van der Waals surface area (Å²) >= 11 is 6.13. The minimum Gasteiger partial charge on any atom is -0.497 e. The molecule has 1 unspecified atom stereocenters. The Bertz CT molecular complexity index is 393. The number of benzene rings is 1. The summed E-state index contributed by atoms with van der Waals surface area (Å²) in [6.07, 6.45) is 0.908. The van der Waals surface area contributed by atoms with Crippen LogP contribution in [0.15, 0.2) is 24.3 Å². The van der Waals surface area contributed by atoms with Gasteiger partial charge in [0.05, 0.1) is 7.11 Å². The Morgan fingerprint density at radius 2 is 2.00 bits per heavy atom. The Kier molecular flexibility index (Phi) is 6.67. The van der Waals surface area contributed by atoms with Crippen LogP contribution < -0.4 is 10.1 Å². The third kappa shape index (κ3) is 5.49. The maximum absolute atomic E-state index is 11.9. The van der Waals surface area contributed by atoms with Gasteiger partial charge < -0.3 is 15.0 Å². The van der Waals surface area contributed by atoms with Crippen LogP contribution in [0.4, 0.5) is 0 Å². The summed E-state index contributed by atoms with van der Waals surface area (Å²) < 4.78 is 5.06. The van der Waals surface area contributed by atoms with E-state index >= 15 is 0 Å². The summed E-state index contributed by atoms with van der Waals surface area (Å²) in [5, 5.41) is 2.17. The third-order valence-corrected chi connectivity index (χ3v) is 3.17. The molecule has 0 radical (unpaired) electrons. The van der Waals surface area contributed by atoms with Crippen LogP contribution in [0.3, 0.4) is 0 Å². The molecule has 1 aromatic carbocycles. The molecule has 0 bridgehead atoms. The highest BCUT2D eigenvalue weighted by Crippen LogP contribution is 2.22. The molecule has 1 amide bonds. The van der Waals surface area contributed by atoms with E-state index < -0.39 is 5.38 Å². The molecule has 0 aliphatic heterocycles. The van der Waals surface area contributed by atoms with Gasteiger partial charge in [0.15, 0.2) is 0 Å². The van der Waals surface area contributed by atoms with Crippen LogP contribution >= 0.6 is 11.6 Å². The zero-order valence-electron chi connectivity index (χ0n) is 11.6. The van der Waals surface area contributed by atoms with Gasteiger partial charge in [0.2, 0.25) is 5.91 Å². The first-order chi connectivity index (χ1) is 9.04. The van der Waals surface area contributed by atoms with Gasteiger partial charge in [0, 0.05) is 6.54 Å². The van der Waals surface area contributed by atoms with Crippen LogP contribution in [0.5, 0.6) is 5.75 Å². The highest BCUT2D eigenvalue weighted by molar-refractivity contribution is 6.30. The molecule has 0 heterocycles. The SMILES string of the molecule is COc1ccc(C(Cl)C(=O)NCCCN(C)C)cc1. The highest BCUT2D eigenvalue weighted by Gasteiger charge is 2.16. The second-order valence-electron chi connectivity index (χ2n) is 4.58. The van der Waals surface area contributed by atoms with E-state index in [1.807, 2.05) is 14.1 Å². The van der Waals surface area contributed by atoms with E-state index in [1.54, 1.807) is 31.4 Å². The number of nitrogens with zero attached hydrogens (tertiary/aromatic N) is 1. The normalized spacial score (nSPS) is 12.3. The van der Waals surface area contributed by atoms with Gasteiger partial charge in [-0.1, -0.05) is 12.1 Å². The van der Waals surface area contributed by atoms with Crippen LogP contribution in [0, 0.1) is 0 Å². The number of methoxy groups -OCH3 is 1. The molecule has 0 aliphatic carbocycles. The predicted octanol–water partition coefficient (Wildman–Crippen LogP) is 2.04. The van der Waals surface area contributed by atoms with Crippen molar-refractivity contribution < 1.29 is 9.53 Å². The van der Waals surface area contributed by atoms with E-state index in [4.69, 9.17) is 16.3 Å². The number of hydrogen-bond acceptors (Lipinski definition) is 3. The number of halogens is 1. The summed E-state index contributed by atoms with van der Waals surface area (Å²) in [5.74, 6) is 0.588. The maximum Gasteiger partial charge on any atom is 0.242 e. The van der Waals surface area contributed by atoms with Gasteiger partial charge in [-0.3, -0.25) is 4.79 Å². The molecule has 1 N–H and O–H groups in total. The molecular weight excluding hydrogens is 264 g/mol. The van der Waals surface area contributed by atoms with Crippen molar-refractivity contribution in [3.63, 3.8) is 0 Å². The molecule has 0 fully saturated rings. The number of carbonyl (C=O) groups excluding carboxylic acids is 1. The van der Waals surface area contributed by atoms with Crippen molar-refractivity contribution in [2.75, 3.05) is 34.3 Å². The van der Waals surface area contributed by atoms with Gasteiger partial charge in [-0.2, -0.15) is 0 Å². The van der Waals surface area contributed by atoms with Gasteiger partial charge in [0.1, 0.15) is 11.1 Å². The number of nitrogens with one attached hydrogen (secondary N) is 1. The largest absolute Gasteiger partial charge is 0.497 e. The van der Waals surface area contributed by atoms with Gasteiger partial charge in [-0.25, -0.2) is 0 Å². The van der Waals surface area contributed by atoms with E-state index in [9.17, 15) is 4.79 Å². The lowest BCUT2D eigenvalue weighted by molar-refractivity contribution is -0.120. The third-order valence-electron chi connectivity index (χ3n) is 2.72. The number of rotatable bonds is 7. The van der Waals surface area contributed by atoms with Crippen molar-refractivity contribution in [2.24, 2.45) is 0 Å². The average molecular weight is 285 g/mol. The fourth-order valence-electron chi connectivity index (χ4n) is 1.62. The molecule has 106 valence electrons. The lowest BCUT2D eigenvalue weighted by Crippen LogP contribution is -2.29. The first-order valence-electron chi connectivity index (χ1n) is 6.25. The summed E-state index contributed by atoms with van der Waals surface area (Å²) in [4.78, 5) is 13.9. The first kappa shape index (κ1) is 15.8. The van der Waals surface area contributed by atoms with Crippen molar-refractivity contribution in [3.05, 3.63) is 29.8 Å². The molecule has 0 saturated carbocycles. The molecule has 1 rings (SSSR count). The molecule has 5 heteroatoms.